The van der Waals surface area contributed by atoms with Crippen LogP contribution in [0.3, 0.4) is 0 Å². The van der Waals surface area contributed by atoms with Crippen molar-refractivity contribution >= 4 is 17.3 Å². The molecule has 5 heteroatoms. The molecule has 1 aliphatic rings. The molecule has 0 atom stereocenters. The monoisotopic (exact) mass is 268 g/mol. The molecule has 1 heterocycles. The predicted octanol–water partition coefficient (Wildman–Crippen LogP) is 2.39. The molecule has 1 fully saturated rings. The van der Waals surface area contributed by atoms with Crippen molar-refractivity contribution in [2.45, 2.75) is 39.2 Å². The lowest BCUT2D eigenvalue weighted by Crippen LogP contribution is -2.31. The van der Waals surface area contributed by atoms with Gasteiger partial charge in [0, 0.05) is 18.5 Å². The normalized spacial score (nSPS) is 15.2. The minimum atomic E-state index is -0.750. The number of hydrogen-bond donors (Lipinski definition) is 1. The number of nitrogens with zero attached hydrogens (tertiary/aromatic N) is 2. The summed E-state index contributed by atoms with van der Waals surface area (Å²) in [5.41, 5.74) is 1.02. The number of rotatable bonds is 8. The number of thiazole rings is 1. The van der Waals surface area contributed by atoms with Crippen LogP contribution >= 0.6 is 11.3 Å². The van der Waals surface area contributed by atoms with Gasteiger partial charge in [0.1, 0.15) is 0 Å². The maximum Gasteiger partial charge on any atom is 0.317 e. The summed E-state index contributed by atoms with van der Waals surface area (Å²) in [6, 6.07) is 0. The number of aromatic nitrogens is 1. The van der Waals surface area contributed by atoms with E-state index < -0.39 is 5.97 Å². The Balaban J connectivity index is 1.90. The van der Waals surface area contributed by atoms with Gasteiger partial charge in [-0.1, -0.05) is 6.92 Å². The lowest BCUT2D eigenvalue weighted by molar-refractivity contribution is -0.138. The van der Waals surface area contributed by atoms with Crippen LogP contribution < -0.4 is 0 Å². The zero-order chi connectivity index (χ0) is 13.0. The molecule has 1 N–H and O–H groups in total. The van der Waals surface area contributed by atoms with E-state index in [1.54, 1.807) is 11.3 Å². The van der Waals surface area contributed by atoms with Crippen LogP contribution in [-0.2, 0) is 17.8 Å². The van der Waals surface area contributed by atoms with Crippen molar-refractivity contribution in [2.75, 3.05) is 13.1 Å². The largest absolute Gasteiger partial charge is 0.480 e. The number of carboxylic acid groups (broad SMARTS) is 1. The Labute approximate surface area is 112 Å². The first-order chi connectivity index (χ1) is 8.67. The van der Waals surface area contributed by atoms with E-state index in [1.807, 2.05) is 4.90 Å². The summed E-state index contributed by atoms with van der Waals surface area (Å²) in [4.78, 5) is 17.4. The maximum atomic E-state index is 10.9. The van der Waals surface area contributed by atoms with Gasteiger partial charge in [-0.2, -0.15) is 0 Å². The van der Waals surface area contributed by atoms with Crippen LogP contribution in [0.15, 0.2) is 5.38 Å². The third kappa shape index (κ3) is 4.38. The fourth-order valence-electron chi connectivity index (χ4n) is 2.02. The van der Waals surface area contributed by atoms with Crippen LogP contribution in [0.2, 0.25) is 0 Å². The van der Waals surface area contributed by atoms with E-state index >= 15 is 0 Å². The molecule has 1 aliphatic carbocycles. The van der Waals surface area contributed by atoms with Gasteiger partial charge in [-0.3, -0.25) is 9.69 Å². The molecule has 0 aliphatic heterocycles. The molecule has 0 unspecified atom stereocenters. The Kier molecular flexibility index (Phi) is 4.72. The molecule has 1 saturated carbocycles. The highest BCUT2D eigenvalue weighted by molar-refractivity contribution is 7.09. The second-order valence-electron chi connectivity index (χ2n) is 4.99. The molecule has 0 saturated heterocycles. The van der Waals surface area contributed by atoms with E-state index in [1.165, 1.54) is 12.8 Å². The number of hydrogen-bond acceptors (Lipinski definition) is 4. The van der Waals surface area contributed by atoms with Gasteiger partial charge in [-0.05, 0) is 31.6 Å². The van der Waals surface area contributed by atoms with Crippen molar-refractivity contribution in [2.24, 2.45) is 5.92 Å². The Hall–Kier alpha value is -0.940. The van der Waals surface area contributed by atoms with Crippen LogP contribution in [0.5, 0.6) is 0 Å². The molecule has 0 spiro atoms. The highest BCUT2D eigenvalue weighted by Gasteiger charge is 2.25. The third-order valence-electron chi connectivity index (χ3n) is 3.02. The highest BCUT2D eigenvalue weighted by Crippen LogP contribution is 2.30. The predicted molar refractivity (Wildman–Crippen MR) is 71.7 cm³/mol. The van der Waals surface area contributed by atoms with E-state index in [9.17, 15) is 4.79 Å². The third-order valence-corrected chi connectivity index (χ3v) is 3.98. The Morgan fingerprint density at radius 2 is 2.39 bits per heavy atom. The first kappa shape index (κ1) is 13.5. The van der Waals surface area contributed by atoms with Crippen LogP contribution in [0.25, 0.3) is 0 Å². The molecular weight excluding hydrogens is 248 g/mol. The fourth-order valence-corrected chi connectivity index (χ4v) is 2.91. The van der Waals surface area contributed by atoms with Gasteiger partial charge in [0.05, 0.1) is 17.2 Å². The van der Waals surface area contributed by atoms with E-state index in [2.05, 4.69) is 17.3 Å². The van der Waals surface area contributed by atoms with Crippen molar-refractivity contribution in [3.8, 4) is 0 Å². The first-order valence-corrected chi connectivity index (χ1v) is 7.42. The summed E-state index contributed by atoms with van der Waals surface area (Å²) in [5.74, 6) is -0.0437. The summed E-state index contributed by atoms with van der Waals surface area (Å²) < 4.78 is 0. The zero-order valence-electron chi connectivity index (χ0n) is 10.8. The SMILES string of the molecule is CCCc1nc(CN(CC(=O)O)CC2CC2)cs1. The fraction of sp³-hybridized carbons (Fsp3) is 0.692. The van der Waals surface area contributed by atoms with Crippen LogP contribution in [0, 0.1) is 5.92 Å². The minimum absolute atomic E-state index is 0.122. The average molecular weight is 268 g/mol. The second-order valence-corrected chi connectivity index (χ2v) is 5.93. The van der Waals surface area contributed by atoms with Crippen molar-refractivity contribution < 1.29 is 9.90 Å². The van der Waals surface area contributed by atoms with Gasteiger partial charge in [-0.25, -0.2) is 4.98 Å². The topological polar surface area (TPSA) is 53.4 Å². The molecule has 4 nitrogen and oxygen atoms in total. The van der Waals surface area contributed by atoms with E-state index in [4.69, 9.17) is 5.11 Å². The van der Waals surface area contributed by atoms with Crippen molar-refractivity contribution in [3.63, 3.8) is 0 Å². The maximum absolute atomic E-state index is 10.9. The number of aryl methyl sites for hydroxylation is 1. The van der Waals surface area contributed by atoms with Gasteiger partial charge < -0.3 is 5.11 Å². The molecule has 0 aromatic carbocycles. The highest BCUT2D eigenvalue weighted by atomic mass is 32.1. The number of carboxylic acids is 1. The summed E-state index contributed by atoms with van der Waals surface area (Å²) in [6.45, 7) is 3.83. The van der Waals surface area contributed by atoms with Crippen molar-refractivity contribution in [1.29, 1.82) is 0 Å². The van der Waals surface area contributed by atoms with Gasteiger partial charge >= 0.3 is 5.97 Å². The van der Waals surface area contributed by atoms with Crippen molar-refractivity contribution in [1.82, 2.24) is 9.88 Å². The van der Waals surface area contributed by atoms with Crippen LogP contribution in [0.1, 0.15) is 36.9 Å². The summed E-state index contributed by atoms with van der Waals surface area (Å²) in [6.07, 6.45) is 4.61. The number of aliphatic carboxylic acids is 1. The van der Waals surface area contributed by atoms with Gasteiger partial charge in [0.2, 0.25) is 0 Å². The average Bonchev–Trinajstić information content (AvgIpc) is 2.99. The number of carbonyl (C=O) groups is 1. The van der Waals surface area contributed by atoms with Crippen molar-refractivity contribution in [3.05, 3.63) is 16.1 Å². The van der Waals surface area contributed by atoms with Gasteiger partial charge in [-0.15, -0.1) is 11.3 Å². The molecule has 0 radical (unpaired) electrons. The standard InChI is InChI=1S/C13H20N2O2S/c1-2-3-12-14-11(9-18-12)7-15(8-13(16)17)6-10-4-5-10/h9-10H,2-8H2,1H3,(H,16,17). The summed E-state index contributed by atoms with van der Waals surface area (Å²) in [5, 5.41) is 12.1. The minimum Gasteiger partial charge on any atom is -0.480 e. The Morgan fingerprint density at radius 3 is 3.00 bits per heavy atom. The Bertz CT molecular complexity index is 401. The molecule has 100 valence electrons. The first-order valence-electron chi connectivity index (χ1n) is 6.54. The smallest absolute Gasteiger partial charge is 0.317 e. The molecule has 1 aromatic rings. The van der Waals surface area contributed by atoms with Gasteiger partial charge in [0.25, 0.3) is 0 Å². The van der Waals surface area contributed by atoms with E-state index in [-0.39, 0.29) is 6.54 Å². The lowest BCUT2D eigenvalue weighted by atomic mass is 10.3. The molecule has 18 heavy (non-hydrogen) atoms. The molecule has 0 amide bonds. The van der Waals surface area contributed by atoms with Crippen LogP contribution in [-0.4, -0.2) is 34.0 Å². The second kappa shape index (κ2) is 6.29. The van der Waals surface area contributed by atoms with Crippen LogP contribution in [0.4, 0.5) is 0 Å². The van der Waals surface area contributed by atoms with E-state index in [0.717, 1.165) is 30.1 Å². The molecule has 1 aromatic heterocycles. The summed E-state index contributed by atoms with van der Waals surface area (Å²) in [7, 11) is 0. The molecule has 0 bridgehead atoms. The Morgan fingerprint density at radius 1 is 1.61 bits per heavy atom. The van der Waals surface area contributed by atoms with Gasteiger partial charge in [0.15, 0.2) is 0 Å². The quantitative estimate of drug-likeness (QED) is 0.786. The summed E-state index contributed by atoms with van der Waals surface area (Å²) >= 11 is 1.68. The lowest BCUT2D eigenvalue weighted by Gasteiger charge is -2.18. The molecule has 2 rings (SSSR count). The molecular formula is C13H20N2O2S. The zero-order valence-corrected chi connectivity index (χ0v) is 11.6. The van der Waals surface area contributed by atoms with E-state index in [0.29, 0.717) is 12.5 Å².